The van der Waals surface area contributed by atoms with Gasteiger partial charge in [-0.3, -0.25) is 0 Å². The number of carbonyl (C=O) groups is 1. The maximum Gasteiger partial charge on any atom is 0.123 e. The highest BCUT2D eigenvalue weighted by atomic mass is 16.3. The molecule has 2 heteroatoms. The first-order valence-electron chi connectivity index (χ1n) is 5.89. The second-order valence-electron chi connectivity index (χ2n) is 4.37. The van der Waals surface area contributed by atoms with Crippen molar-refractivity contribution in [1.82, 2.24) is 0 Å². The van der Waals surface area contributed by atoms with Gasteiger partial charge in [-0.2, -0.15) is 0 Å². The Labute approximate surface area is 97.3 Å². The van der Waals surface area contributed by atoms with E-state index in [9.17, 15) is 4.79 Å². The molecule has 2 unspecified atom stereocenters. The van der Waals surface area contributed by atoms with Gasteiger partial charge in [0.25, 0.3) is 0 Å². The molecule has 0 amide bonds. The van der Waals surface area contributed by atoms with Gasteiger partial charge in [-0.15, -0.1) is 0 Å². The molecule has 0 bridgehead atoms. The standard InChI is InChI=1S/C14H20O2/c1-12(16)6-5-9-14(11-15)10-13-7-3-2-4-8-13/h2-4,7-8,11-12,14,16H,5-6,9-10H2,1H3. The van der Waals surface area contributed by atoms with E-state index in [1.54, 1.807) is 6.92 Å². The quantitative estimate of drug-likeness (QED) is 0.717. The molecule has 0 fully saturated rings. The summed E-state index contributed by atoms with van der Waals surface area (Å²) in [6.45, 7) is 1.78. The summed E-state index contributed by atoms with van der Waals surface area (Å²) in [5.41, 5.74) is 1.21. The minimum Gasteiger partial charge on any atom is -0.393 e. The average molecular weight is 220 g/mol. The molecule has 0 spiro atoms. The van der Waals surface area contributed by atoms with Crippen LogP contribution in [0.25, 0.3) is 0 Å². The van der Waals surface area contributed by atoms with Crippen LogP contribution in [0.1, 0.15) is 31.7 Å². The second kappa shape index (κ2) is 7.18. The lowest BCUT2D eigenvalue weighted by atomic mass is 9.95. The zero-order chi connectivity index (χ0) is 11.8. The molecule has 0 saturated carbocycles. The molecule has 1 aromatic carbocycles. The number of benzene rings is 1. The number of rotatable bonds is 7. The van der Waals surface area contributed by atoms with E-state index in [1.165, 1.54) is 5.56 Å². The van der Waals surface area contributed by atoms with Crippen LogP contribution in [-0.4, -0.2) is 17.5 Å². The first kappa shape index (κ1) is 12.9. The van der Waals surface area contributed by atoms with Crippen LogP contribution < -0.4 is 0 Å². The first-order chi connectivity index (χ1) is 7.72. The van der Waals surface area contributed by atoms with Crippen LogP contribution in [0.4, 0.5) is 0 Å². The van der Waals surface area contributed by atoms with Gasteiger partial charge in [0.05, 0.1) is 6.10 Å². The van der Waals surface area contributed by atoms with E-state index < -0.39 is 0 Å². The topological polar surface area (TPSA) is 37.3 Å². The van der Waals surface area contributed by atoms with E-state index in [0.717, 1.165) is 32.0 Å². The Morgan fingerprint density at radius 2 is 1.94 bits per heavy atom. The monoisotopic (exact) mass is 220 g/mol. The largest absolute Gasteiger partial charge is 0.393 e. The molecule has 1 N–H and O–H groups in total. The fourth-order valence-corrected chi connectivity index (χ4v) is 1.81. The van der Waals surface area contributed by atoms with Gasteiger partial charge in [0.15, 0.2) is 0 Å². The predicted octanol–water partition coefficient (Wildman–Crippen LogP) is 2.60. The van der Waals surface area contributed by atoms with Crippen LogP contribution in [0.5, 0.6) is 0 Å². The maximum atomic E-state index is 10.9. The van der Waals surface area contributed by atoms with Crippen molar-refractivity contribution >= 4 is 6.29 Å². The van der Waals surface area contributed by atoms with Crippen molar-refractivity contribution in [3.05, 3.63) is 35.9 Å². The average Bonchev–Trinajstić information content (AvgIpc) is 2.28. The molecule has 1 rings (SSSR count). The van der Waals surface area contributed by atoms with Crippen molar-refractivity contribution in [2.45, 2.75) is 38.7 Å². The normalized spacial score (nSPS) is 14.4. The maximum absolute atomic E-state index is 10.9. The van der Waals surface area contributed by atoms with E-state index in [0.29, 0.717) is 0 Å². The number of aliphatic hydroxyl groups is 1. The predicted molar refractivity (Wildman–Crippen MR) is 65.2 cm³/mol. The molecule has 16 heavy (non-hydrogen) atoms. The number of aldehydes is 1. The summed E-state index contributed by atoms with van der Waals surface area (Å²) in [7, 11) is 0. The second-order valence-corrected chi connectivity index (χ2v) is 4.37. The number of carbonyl (C=O) groups excluding carboxylic acids is 1. The van der Waals surface area contributed by atoms with Gasteiger partial charge >= 0.3 is 0 Å². The van der Waals surface area contributed by atoms with Gasteiger partial charge < -0.3 is 9.90 Å². The van der Waals surface area contributed by atoms with E-state index >= 15 is 0 Å². The molecular formula is C14H20O2. The van der Waals surface area contributed by atoms with Crippen molar-refractivity contribution in [2.24, 2.45) is 5.92 Å². The molecule has 88 valence electrons. The zero-order valence-corrected chi connectivity index (χ0v) is 9.80. The third-order valence-electron chi connectivity index (χ3n) is 2.73. The molecule has 0 radical (unpaired) electrons. The van der Waals surface area contributed by atoms with Gasteiger partial charge in [0.1, 0.15) is 6.29 Å². The fraction of sp³-hybridized carbons (Fsp3) is 0.500. The van der Waals surface area contributed by atoms with Crippen molar-refractivity contribution < 1.29 is 9.90 Å². The lowest BCUT2D eigenvalue weighted by molar-refractivity contribution is -0.111. The summed E-state index contributed by atoms with van der Waals surface area (Å²) in [6.07, 6.45) is 4.14. The Hall–Kier alpha value is -1.15. The summed E-state index contributed by atoms with van der Waals surface area (Å²) < 4.78 is 0. The van der Waals surface area contributed by atoms with Crippen LogP contribution in [0.3, 0.4) is 0 Å². The van der Waals surface area contributed by atoms with Crippen molar-refractivity contribution in [1.29, 1.82) is 0 Å². The number of hydrogen-bond donors (Lipinski definition) is 1. The lowest BCUT2D eigenvalue weighted by Gasteiger charge is -2.10. The zero-order valence-electron chi connectivity index (χ0n) is 9.80. The summed E-state index contributed by atoms with van der Waals surface area (Å²) in [6, 6.07) is 10.1. The Bertz CT molecular complexity index is 293. The Morgan fingerprint density at radius 3 is 2.50 bits per heavy atom. The molecule has 0 aliphatic carbocycles. The highest BCUT2D eigenvalue weighted by Crippen LogP contribution is 2.14. The van der Waals surface area contributed by atoms with Crippen molar-refractivity contribution in [3.8, 4) is 0 Å². The van der Waals surface area contributed by atoms with Crippen LogP contribution in [0.2, 0.25) is 0 Å². The van der Waals surface area contributed by atoms with Crippen molar-refractivity contribution in [2.75, 3.05) is 0 Å². The minimum absolute atomic E-state index is 0.0844. The molecule has 0 aliphatic rings. The van der Waals surface area contributed by atoms with Crippen molar-refractivity contribution in [3.63, 3.8) is 0 Å². The number of aliphatic hydroxyl groups excluding tert-OH is 1. The Balaban J connectivity index is 2.35. The van der Waals surface area contributed by atoms with E-state index in [4.69, 9.17) is 5.11 Å². The summed E-state index contributed by atoms with van der Waals surface area (Å²) >= 11 is 0. The first-order valence-corrected chi connectivity index (χ1v) is 5.89. The van der Waals surface area contributed by atoms with E-state index in [-0.39, 0.29) is 12.0 Å². The summed E-state index contributed by atoms with van der Waals surface area (Å²) in [4.78, 5) is 10.9. The van der Waals surface area contributed by atoms with Crippen LogP contribution in [0.15, 0.2) is 30.3 Å². The summed E-state index contributed by atoms with van der Waals surface area (Å²) in [5, 5.41) is 9.14. The molecule has 0 saturated heterocycles. The molecule has 2 atom stereocenters. The highest BCUT2D eigenvalue weighted by Gasteiger charge is 2.08. The highest BCUT2D eigenvalue weighted by molar-refractivity contribution is 5.54. The molecule has 0 aromatic heterocycles. The van der Waals surface area contributed by atoms with Gasteiger partial charge in [0, 0.05) is 5.92 Å². The third kappa shape index (κ3) is 5.08. The van der Waals surface area contributed by atoms with Crippen LogP contribution in [0, 0.1) is 5.92 Å². The third-order valence-corrected chi connectivity index (χ3v) is 2.73. The molecule has 1 aromatic rings. The Kier molecular flexibility index (Phi) is 5.79. The molecular weight excluding hydrogens is 200 g/mol. The molecule has 2 nitrogen and oxygen atoms in total. The van der Waals surface area contributed by atoms with Crippen LogP contribution >= 0.6 is 0 Å². The summed E-state index contributed by atoms with van der Waals surface area (Å²) in [5.74, 6) is 0.0844. The van der Waals surface area contributed by atoms with Gasteiger partial charge in [-0.05, 0) is 31.7 Å². The fourth-order valence-electron chi connectivity index (χ4n) is 1.81. The van der Waals surface area contributed by atoms with Gasteiger partial charge in [-0.25, -0.2) is 0 Å². The van der Waals surface area contributed by atoms with Crippen LogP contribution in [-0.2, 0) is 11.2 Å². The lowest BCUT2D eigenvalue weighted by Crippen LogP contribution is -2.08. The SMILES string of the molecule is CC(O)CCCC(C=O)Cc1ccccc1. The van der Waals surface area contributed by atoms with E-state index in [2.05, 4.69) is 0 Å². The Morgan fingerprint density at radius 1 is 1.25 bits per heavy atom. The van der Waals surface area contributed by atoms with E-state index in [1.807, 2.05) is 30.3 Å². The smallest absolute Gasteiger partial charge is 0.123 e. The minimum atomic E-state index is -0.260. The van der Waals surface area contributed by atoms with Gasteiger partial charge in [0.2, 0.25) is 0 Å². The molecule has 0 aliphatic heterocycles. The number of hydrogen-bond acceptors (Lipinski definition) is 2. The molecule has 0 heterocycles. The van der Waals surface area contributed by atoms with Gasteiger partial charge in [-0.1, -0.05) is 36.8 Å².